The van der Waals surface area contributed by atoms with Crippen molar-refractivity contribution in [2.45, 2.75) is 33.2 Å². The molecule has 5 heteroatoms. The molecule has 0 fully saturated rings. The second kappa shape index (κ2) is 12.5. The summed E-state index contributed by atoms with van der Waals surface area (Å²) in [5.41, 5.74) is 2.72. The average Bonchev–Trinajstić information content (AvgIpc) is 2.75. The first kappa shape index (κ1) is 24.0. The van der Waals surface area contributed by atoms with Crippen LogP contribution in [0.25, 0.3) is 0 Å². The first-order valence-electron chi connectivity index (χ1n) is 10.2. The van der Waals surface area contributed by atoms with E-state index in [0.29, 0.717) is 10.8 Å². The van der Waals surface area contributed by atoms with Gasteiger partial charge in [0, 0.05) is 17.6 Å². The fourth-order valence-electron chi connectivity index (χ4n) is 3.00. The van der Waals surface area contributed by atoms with Gasteiger partial charge in [-0.3, -0.25) is 4.79 Å². The lowest BCUT2D eigenvalue weighted by atomic mass is 10.0. The number of carbonyl (C=O) groups excluding carboxylic acids is 1. The summed E-state index contributed by atoms with van der Waals surface area (Å²) >= 11 is 5.95. The van der Waals surface area contributed by atoms with Crippen molar-refractivity contribution in [3.63, 3.8) is 0 Å². The van der Waals surface area contributed by atoms with Gasteiger partial charge in [-0.15, -0.1) is 6.58 Å². The van der Waals surface area contributed by atoms with Crippen molar-refractivity contribution in [2.24, 2.45) is 0 Å². The van der Waals surface area contributed by atoms with Crippen molar-refractivity contribution in [3.05, 3.63) is 96.0 Å². The highest BCUT2D eigenvalue weighted by molar-refractivity contribution is 6.30. The molecule has 0 radical (unpaired) electrons. The predicted octanol–water partition coefficient (Wildman–Crippen LogP) is 7.85. The number of benzene rings is 3. The van der Waals surface area contributed by atoms with E-state index >= 15 is 0 Å². The van der Waals surface area contributed by atoms with Crippen LogP contribution in [0.4, 0.5) is 11.4 Å². The summed E-state index contributed by atoms with van der Waals surface area (Å²) < 4.78 is 6.05. The number of anilines is 2. The molecule has 4 nitrogen and oxygen atoms in total. The first-order valence-corrected chi connectivity index (χ1v) is 10.6. The molecule has 1 amide bonds. The summed E-state index contributed by atoms with van der Waals surface area (Å²) in [6.07, 6.45) is 2.59. The number of para-hydroxylation sites is 3. The molecule has 0 saturated heterocycles. The van der Waals surface area contributed by atoms with Gasteiger partial charge in [0.05, 0.1) is 11.7 Å². The number of amides is 1. The van der Waals surface area contributed by atoms with Gasteiger partial charge in [-0.1, -0.05) is 54.9 Å². The van der Waals surface area contributed by atoms with Crippen molar-refractivity contribution in [3.8, 4) is 11.5 Å². The molecule has 0 spiro atoms. The Morgan fingerprint density at radius 3 is 2.23 bits per heavy atom. The Kier molecular flexibility index (Phi) is 9.66. The maximum atomic E-state index is 11.6. The van der Waals surface area contributed by atoms with Crippen LogP contribution in [0.15, 0.2) is 85.5 Å². The highest BCUT2D eigenvalue weighted by Gasteiger charge is 2.16. The van der Waals surface area contributed by atoms with Crippen molar-refractivity contribution in [2.75, 3.05) is 10.6 Å². The van der Waals surface area contributed by atoms with E-state index in [9.17, 15) is 4.79 Å². The number of nitrogens with one attached hydrogen (secondary N) is 2. The molecule has 1 unspecified atom stereocenters. The maximum absolute atomic E-state index is 11.6. The van der Waals surface area contributed by atoms with Crippen LogP contribution in [0.1, 0.15) is 38.8 Å². The number of hydrogen-bond acceptors (Lipinski definition) is 3. The highest BCUT2D eigenvalue weighted by Crippen LogP contribution is 2.35. The smallest absolute Gasteiger partial charge is 0.221 e. The van der Waals surface area contributed by atoms with Gasteiger partial charge in [0.2, 0.25) is 5.91 Å². The van der Waals surface area contributed by atoms with Crippen molar-refractivity contribution >= 4 is 28.9 Å². The zero-order valence-corrected chi connectivity index (χ0v) is 18.9. The van der Waals surface area contributed by atoms with Gasteiger partial charge in [-0.2, -0.15) is 0 Å². The fourth-order valence-corrected chi connectivity index (χ4v) is 3.12. The largest absolute Gasteiger partial charge is 0.455 e. The summed E-state index contributed by atoms with van der Waals surface area (Å²) in [4.78, 5) is 11.6. The normalized spacial score (nSPS) is 10.8. The summed E-state index contributed by atoms with van der Waals surface area (Å²) in [5.74, 6) is 1.35. The molecule has 0 heterocycles. The molecular weight excluding hydrogens is 408 g/mol. The zero-order chi connectivity index (χ0) is 22.6. The number of rotatable bonds is 7. The van der Waals surface area contributed by atoms with Crippen LogP contribution < -0.4 is 15.4 Å². The molecule has 0 aliphatic heterocycles. The van der Waals surface area contributed by atoms with Crippen molar-refractivity contribution in [1.82, 2.24) is 0 Å². The molecule has 31 heavy (non-hydrogen) atoms. The third kappa shape index (κ3) is 7.50. The number of allylic oxidation sites excluding steroid dienone is 1. The van der Waals surface area contributed by atoms with Crippen LogP contribution in [0.5, 0.6) is 11.5 Å². The van der Waals surface area contributed by atoms with E-state index < -0.39 is 0 Å². The Bertz CT molecular complexity index is 987. The molecule has 0 aromatic heterocycles. The van der Waals surface area contributed by atoms with E-state index in [0.717, 1.165) is 29.1 Å². The van der Waals surface area contributed by atoms with Gasteiger partial charge in [-0.25, -0.2) is 0 Å². The van der Waals surface area contributed by atoms with Gasteiger partial charge >= 0.3 is 0 Å². The van der Waals surface area contributed by atoms with Gasteiger partial charge in [0.25, 0.3) is 0 Å². The van der Waals surface area contributed by atoms with Crippen LogP contribution in [0.2, 0.25) is 5.02 Å². The number of hydrogen-bond donors (Lipinski definition) is 2. The summed E-state index contributed by atoms with van der Waals surface area (Å²) in [6.45, 7) is 8.87. The molecule has 0 aliphatic carbocycles. The first-order chi connectivity index (χ1) is 15.0. The molecule has 0 saturated carbocycles. The van der Waals surface area contributed by atoms with Gasteiger partial charge in [-0.05, 0) is 61.4 Å². The summed E-state index contributed by atoms with van der Waals surface area (Å²) in [6, 6.07) is 22.9. The van der Waals surface area contributed by atoms with Crippen molar-refractivity contribution < 1.29 is 9.53 Å². The van der Waals surface area contributed by atoms with Crippen molar-refractivity contribution in [1.29, 1.82) is 0 Å². The molecule has 162 valence electrons. The second-order valence-electron chi connectivity index (χ2n) is 6.83. The molecule has 1 atom stereocenters. The fraction of sp³-hybridized carbons (Fsp3) is 0.192. The molecule has 2 N–H and O–H groups in total. The lowest BCUT2D eigenvalue weighted by Crippen LogP contribution is -2.15. The van der Waals surface area contributed by atoms with Crippen LogP contribution in [0.3, 0.4) is 0 Å². The molecule has 3 aromatic rings. The van der Waals surface area contributed by atoms with E-state index in [1.54, 1.807) is 18.2 Å². The quantitative estimate of drug-likeness (QED) is 0.371. The summed E-state index contributed by atoms with van der Waals surface area (Å²) in [5, 5.41) is 7.13. The number of carbonyl (C=O) groups is 1. The third-order valence-corrected chi connectivity index (χ3v) is 4.57. The topological polar surface area (TPSA) is 50.4 Å². The van der Waals surface area contributed by atoms with E-state index in [4.69, 9.17) is 16.3 Å². The molecule has 3 rings (SSSR count). The van der Waals surface area contributed by atoms with Gasteiger partial charge in [0.1, 0.15) is 5.75 Å². The monoisotopic (exact) mass is 436 g/mol. The molecular formula is C26H29ClN2O2. The van der Waals surface area contributed by atoms with Crippen LogP contribution >= 0.6 is 11.6 Å². The molecule has 0 aliphatic rings. The third-order valence-electron chi connectivity index (χ3n) is 4.31. The SMILES string of the molecule is C=CC.CCC(Nc1ccccc1Oc1ccc(Cl)cc1)c1ccccc1NC(C)=O. The van der Waals surface area contributed by atoms with Crippen LogP contribution in [0, 0.1) is 0 Å². The lowest BCUT2D eigenvalue weighted by Gasteiger charge is -2.23. The summed E-state index contributed by atoms with van der Waals surface area (Å²) in [7, 11) is 0. The Labute approximate surface area is 189 Å². The molecule has 3 aromatic carbocycles. The van der Waals surface area contributed by atoms with E-state index in [2.05, 4.69) is 24.1 Å². The minimum atomic E-state index is -0.0891. The Hall–Kier alpha value is -3.24. The number of halogens is 1. The predicted molar refractivity (Wildman–Crippen MR) is 131 cm³/mol. The minimum absolute atomic E-state index is 0.0121. The standard InChI is InChI=1S/C23H23ClN2O2.C3H6/c1-3-20(19-8-4-5-9-21(19)25-16(2)27)26-22-10-6-7-11-23(22)28-18-14-12-17(24)13-15-18;1-3-2/h4-15,20,26H,3H2,1-2H3,(H,25,27);3H,1H2,2H3. The maximum Gasteiger partial charge on any atom is 0.221 e. The Morgan fingerprint density at radius 2 is 1.61 bits per heavy atom. The second-order valence-corrected chi connectivity index (χ2v) is 7.27. The lowest BCUT2D eigenvalue weighted by molar-refractivity contribution is -0.114. The molecule has 0 bridgehead atoms. The highest BCUT2D eigenvalue weighted by atomic mass is 35.5. The Balaban J connectivity index is 0.00000107. The van der Waals surface area contributed by atoms with Crippen LogP contribution in [-0.4, -0.2) is 5.91 Å². The van der Waals surface area contributed by atoms with Crippen LogP contribution in [-0.2, 0) is 4.79 Å². The van der Waals surface area contributed by atoms with E-state index in [1.807, 2.05) is 67.6 Å². The van der Waals surface area contributed by atoms with Gasteiger partial charge < -0.3 is 15.4 Å². The number of ether oxygens (including phenoxy) is 1. The Morgan fingerprint density at radius 1 is 1.03 bits per heavy atom. The van der Waals surface area contributed by atoms with Gasteiger partial charge in [0.15, 0.2) is 5.75 Å². The minimum Gasteiger partial charge on any atom is -0.455 e. The zero-order valence-electron chi connectivity index (χ0n) is 18.2. The van der Waals surface area contributed by atoms with E-state index in [-0.39, 0.29) is 11.9 Å². The van der Waals surface area contributed by atoms with E-state index in [1.165, 1.54) is 6.92 Å². The average molecular weight is 437 g/mol.